The lowest BCUT2D eigenvalue weighted by atomic mass is 10.2. The molecule has 0 bridgehead atoms. The zero-order chi connectivity index (χ0) is 16.8. The molecule has 0 fully saturated rings. The van der Waals surface area contributed by atoms with E-state index in [-0.39, 0.29) is 16.4 Å². The Balaban J connectivity index is 2.12. The van der Waals surface area contributed by atoms with E-state index in [1.807, 2.05) is 0 Å². The molecule has 0 spiro atoms. The van der Waals surface area contributed by atoms with Gasteiger partial charge in [-0.3, -0.25) is 20.2 Å². The summed E-state index contributed by atoms with van der Waals surface area (Å²) < 4.78 is 0. The van der Waals surface area contributed by atoms with Gasteiger partial charge in [0.1, 0.15) is 5.02 Å². The van der Waals surface area contributed by atoms with Crippen LogP contribution in [-0.4, -0.2) is 22.3 Å². The minimum atomic E-state index is -0.591. The van der Waals surface area contributed by atoms with Crippen LogP contribution in [0, 0.1) is 20.2 Å². The summed E-state index contributed by atoms with van der Waals surface area (Å²) in [6.45, 7) is 0. The monoisotopic (exact) mass is 332 g/mol. The van der Waals surface area contributed by atoms with Crippen molar-refractivity contribution in [2.24, 2.45) is 10.2 Å². The van der Waals surface area contributed by atoms with Crippen molar-refractivity contribution in [1.82, 2.24) is 0 Å². The molecule has 0 radical (unpaired) electrons. The zero-order valence-electron chi connectivity index (χ0n) is 11.5. The van der Waals surface area contributed by atoms with E-state index < -0.39 is 9.85 Å². The van der Waals surface area contributed by atoms with Crippen LogP contribution in [-0.2, 0) is 0 Å². The topological polar surface area (TPSA) is 111 Å². The maximum atomic E-state index is 10.8. The average molecular weight is 333 g/mol. The highest BCUT2D eigenvalue weighted by Gasteiger charge is 2.11. The van der Waals surface area contributed by atoms with Crippen molar-refractivity contribution >= 4 is 35.4 Å². The maximum absolute atomic E-state index is 10.8. The molecular formula is C14H9ClN4O4. The molecule has 0 unspecified atom stereocenters. The van der Waals surface area contributed by atoms with Crippen molar-refractivity contribution in [2.75, 3.05) is 0 Å². The van der Waals surface area contributed by atoms with Gasteiger partial charge in [-0.25, -0.2) is 0 Å². The van der Waals surface area contributed by atoms with Crippen LogP contribution in [0.2, 0.25) is 5.02 Å². The Kier molecular flexibility index (Phi) is 5.11. The fourth-order valence-corrected chi connectivity index (χ4v) is 1.86. The van der Waals surface area contributed by atoms with Crippen LogP contribution in [0.5, 0.6) is 0 Å². The van der Waals surface area contributed by atoms with Gasteiger partial charge in [0.05, 0.1) is 22.3 Å². The number of hydrogen-bond donors (Lipinski definition) is 0. The van der Waals surface area contributed by atoms with E-state index in [4.69, 9.17) is 11.6 Å². The summed E-state index contributed by atoms with van der Waals surface area (Å²) in [5, 5.41) is 29.0. The van der Waals surface area contributed by atoms with Crippen LogP contribution in [0.3, 0.4) is 0 Å². The van der Waals surface area contributed by atoms with Gasteiger partial charge in [0.15, 0.2) is 0 Å². The third-order valence-electron chi connectivity index (χ3n) is 2.73. The highest BCUT2D eigenvalue weighted by molar-refractivity contribution is 6.32. The lowest BCUT2D eigenvalue weighted by molar-refractivity contribution is -0.385. The highest BCUT2D eigenvalue weighted by Crippen LogP contribution is 2.24. The SMILES string of the molecule is O=[N+]([O-])c1cccc(/C=N\N=C/c2ccc(Cl)c([N+](=O)[O-])c2)c1. The second-order valence-corrected chi connectivity index (χ2v) is 4.72. The molecule has 0 atom stereocenters. The minimum Gasteiger partial charge on any atom is -0.258 e. The first-order valence-corrected chi connectivity index (χ1v) is 6.60. The standard InChI is InChI=1S/C14H9ClN4O4/c15-13-5-4-11(7-14(13)19(22)23)9-17-16-8-10-2-1-3-12(6-10)18(20)21/h1-9H/b16-8-,17-9-. The van der Waals surface area contributed by atoms with Gasteiger partial charge in [-0.15, -0.1) is 0 Å². The molecule has 0 aromatic heterocycles. The summed E-state index contributed by atoms with van der Waals surface area (Å²) in [5.41, 5.74) is 0.695. The van der Waals surface area contributed by atoms with E-state index in [1.165, 1.54) is 42.8 Å². The summed E-state index contributed by atoms with van der Waals surface area (Å²) in [5.74, 6) is 0. The van der Waals surface area contributed by atoms with E-state index in [0.717, 1.165) is 0 Å². The largest absolute Gasteiger partial charge is 0.288 e. The van der Waals surface area contributed by atoms with Crippen molar-refractivity contribution < 1.29 is 9.85 Å². The molecule has 0 N–H and O–H groups in total. The quantitative estimate of drug-likeness (QED) is 0.473. The highest BCUT2D eigenvalue weighted by atomic mass is 35.5. The van der Waals surface area contributed by atoms with Gasteiger partial charge in [-0.2, -0.15) is 10.2 Å². The molecule has 0 saturated carbocycles. The average Bonchev–Trinajstić information content (AvgIpc) is 2.53. The summed E-state index contributed by atoms with van der Waals surface area (Å²) >= 11 is 5.70. The van der Waals surface area contributed by atoms with Gasteiger partial charge in [0.2, 0.25) is 0 Å². The van der Waals surface area contributed by atoms with E-state index >= 15 is 0 Å². The lowest BCUT2D eigenvalue weighted by Gasteiger charge is -1.96. The molecule has 0 aliphatic heterocycles. The van der Waals surface area contributed by atoms with Crippen LogP contribution in [0.15, 0.2) is 52.7 Å². The van der Waals surface area contributed by atoms with Gasteiger partial charge in [0, 0.05) is 29.3 Å². The van der Waals surface area contributed by atoms with E-state index in [2.05, 4.69) is 10.2 Å². The van der Waals surface area contributed by atoms with Crippen molar-refractivity contribution in [3.63, 3.8) is 0 Å². The number of rotatable bonds is 5. The zero-order valence-corrected chi connectivity index (χ0v) is 12.3. The molecule has 2 aromatic rings. The molecule has 0 aliphatic rings. The smallest absolute Gasteiger partial charge is 0.258 e. The third kappa shape index (κ3) is 4.42. The lowest BCUT2D eigenvalue weighted by Crippen LogP contribution is -1.91. The molecule has 23 heavy (non-hydrogen) atoms. The fraction of sp³-hybridized carbons (Fsp3) is 0. The number of hydrogen-bond acceptors (Lipinski definition) is 6. The van der Waals surface area contributed by atoms with Gasteiger partial charge < -0.3 is 0 Å². The number of nitro benzene ring substituents is 2. The van der Waals surface area contributed by atoms with Crippen LogP contribution < -0.4 is 0 Å². The normalized spacial score (nSPS) is 11.2. The molecule has 9 heteroatoms. The van der Waals surface area contributed by atoms with Crippen molar-refractivity contribution in [3.05, 3.63) is 78.8 Å². The number of halogens is 1. The minimum absolute atomic E-state index is 0.0345. The molecule has 0 saturated heterocycles. The van der Waals surface area contributed by atoms with Gasteiger partial charge in [-0.05, 0) is 6.07 Å². The van der Waals surface area contributed by atoms with Crippen molar-refractivity contribution in [3.8, 4) is 0 Å². The molecule has 0 aliphatic carbocycles. The molecule has 2 rings (SSSR count). The first-order valence-electron chi connectivity index (χ1n) is 6.22. The summed E-state index contributed by atoms with van der Waals surface area (Å²) in [6.07, 6.45) is 2.66. The molecule has 116 valence electrons. The Morgan fingerprint density at radius 1 is 0.913 bits per heavy atom. The van der Waals surface area contributed by atoms with E-state index in [0.29, 0.717) is 11.1 Å². The summed E-state index contributed by atoms with van der Waals surface area (Å²) in [6, 6.07) is 10.1. The Hall–Kier alpha value is -3.13. The summed E-state index contributed by atoms with van der Waals surface area (Å²) in [7, 11) is 0. The second-order valence-electron chi connectivity index (χ2n) is 4.31. The van der Waals surface area contributed by atoms with Gasteiger partial charge >= 0.3 is 0 Å². The Labute approximate surface area is 135 Å². The first kappa shape index (κ1) is 16.2. The van der Waals surface area contributed by atoms with Crippen LogP contribution in [0.25, 0.3) is 0 Å². The second kappa shape index (κ2) is 7.23. The van der Waals surface area contributed by atoms with Crippen LogP contribution in [0.4, 0.5) is 11.4 Å². The van der Waals surface area contributed by atoms with Crippen LogP contribution >= 0.6 is 11.6 Å². The molecule has 2 aromatic carbocycles. The predicted molar refractivity (Wildman–Crippen MR) is 86.4 cm³/mol. The number of non-ortho nitro benzene ring substituents is 1. The molecule has 8 nitrogen and oxygen atoms in total. The Morgan fingerprint density at radius 2 is 1.57 bits per heavy atom. The summed E-state index contributed by atoms with van der Waals surface area (Å²) in [4.78, 5) is 20.3. The maximum Gasteiger partial charge on any atom is 0.288 e. The van der Waals surface area contributed by atoms with E-state index in [9.17, 15) is 20.2 Å². The van der Waals surface area contributed by atoms with Crippen LogP contribution in [0.1, 0.15) is 11.1 Å². The van der Waals surface area contributed by atoms with Gasteiger partial charge in [0.25, 0.3) is 11.4 Å². The number of nitro groups is 2. The Bertz CT molecular complexity index is 820. The van der Waals surface area contributed by atoms with E-state index in [1.54, 1.807) is 12.1 Å². The molecule has 0 amide bonds. The molecular weight excluding hydrogens is 324 g/mol. The fourth-order valence-electron chi connectivity index (χ4n) is 1.67. The third-order valence-corrected chi connectivity index (χ3v) is 3.05. The van der Waals surface area contributed by atoms with Gasteiger partial charge in [-0.1, -0.05) is 29.8 Å². The molecule has 0 heterocycles. The predicted octanol–water partition coefficient (Wildman–Crippen LogP) is 3.61. The number of nitrogens with zero attached hydrogens (tertiary/aromatic N) is 4. The first-order chi connectivity index (χ1) is 11.0. The van der Waals surface area contributed by atoms with Crippen molar-refractivity contribution in [1.29, 1.82) is 0 Å². The van der Waals surface area contributed by atoms with Crippen molar-refractivity contribution in [2.45, 2.75) is 0 Å². The Morgan fingerprint density at radius 3 is 2.17 bits per heavy atom. The number of benzene rings is 2.